The number of aliphatic hydroxyl groups excluding tert-OH is 1. The molecule has 1 saturated heterocycles. The Morgan fingerprint density at radius 3 is 2.25 bits per heavy atom. The van der Waals surface area contributed by atoms with Gasteiger partial charge in [0.2, 0.25) is 0 Å². The van der Waals surface area contributed by atoms with Crippen LogP contribution in [-0.4, -0.2) is 35.7 Å². The van der Waals surface area contributed by atoms with Crippen LogP contribution in [0.5, 0.6) is 0 Å². The molecule has 0 radical (unpaired) electrons. The molecule has 1 aromatic rings. The van der Waals surface area contributed by atoms with Crippen LogP contribution in [0.15, 0.2) is 30.3 Å². The fraction of sp³-hybridized carbons (Fsp3) is 0.667. The van der Waals surface area contributed by atoms with Gasteiger partial charge in [0.05, 0.1) is 6.61 Å². The van der Waals surface area contributed by atoms with Crippen LogP contribution in [0.25, 0.3) is 0 Å². The molecular formula is C18H27NO. The molecule has 0 amide bonds. The molecular weight excluding hydrogens is 246 g/mol. The maximum absolute atomic E-state index is 9.98. The fourth-order valence-electron chi connectivity index (χ4n) is 4.13. The average molecular weight is 273 g/mol. The second-order valence-corrected chi connectivity index (χ2v) is 6.63. The van der Waals surface area contributed by atoms with Crippen LogP contribution < -0.4 is 0 Å². The number of piperidine rings is 1. The summed E-state index contributed by atoms with van der Waals surface area (Å²) in [6.45, 7) is 2.88. The van der Waals surface area contributed by atoms with E-state index in [1.54, 1.807) is 0 Å². The summed E-state index contributed by atoms with van der Waals surface area (Å²) in [5, 5.41) is 9.98. The first-order chi connectivity index (χ1) is 9.84. The summed E-state index contributed by atoms with van der Waals surface area (Å²) in [5.74, 6) is 0. The number of benzene rings is 1. The molecule has 0 atom stereocenters. The van der Waals surface area contributed by atoms with Gasteiger partial charge in [-0.25, -0.2) is 0 Å². The van der Waals surface area contributed by atoms with E-state index >= 15 is 0 Å². The number of rotatable bonds is 3. The van der Waals surface area contributed by atoms with Crippen molar-refractivity contribution >= 4 is 0 Å². The predicted molar refractivity (Wildman–Crippen MR) is 82.9 cm³/mol. The predicted octanol–water partition coefficient (Wildman–Crippen LogP) is 3.35. The summed E-state index contributed by atoms with van der Waals surface area (Å²) in [4.78, 5) is 2.70. The van der Waals surface area contributed by atoms with Crippen molar-refractivity contribution in [3.8, 4) is 0 Å². The second kappa shape index (κ2) is 6.28. The van der Waals surface area contributed by atoms with E-state index in [0.717, 1.165) is 18.9 Å². The fourth-order valence-corrected chi connectivity index (χ4v) is 4.13. The molecule has 2 heteroatoms. The molecule has 0 spiro atoms. The normalized spacial score (nSPS) is 32.1. The van der Waals surface area contributed by atoms with Crippen LogP contribution >= 0.6 is 0 Å². The first-order valence-corrected chi connectivity index (χ1v) is 8.24. The molecule has 1 aliphatic carbocycles. The molecule has 1 heterocycles. The molecule has 110 valence electrons. The SMILES string of the molecule is OC[C@]1(c2ccccc2)CC[C@H](N2CCCCC2)CC1. The molecule has 1 saturated carbocycles. The van der Waals surface area contributed by atoms with Crippen molar-refractivity contribution in [2.24, 2.45) is 0 Å². The van der Waals surface area contributed by atoms with E-state index in [1.807, 2.05) is 0 Å². The highest BCUT2D eigenvalue weighted by molar-refractivity contribution is 5.26. The van der Waals surface area contributed by atoms with E-state index in [9.17, 15) is 5.11 Å². The van der Waals surface area contributed by atoms with Crippen molar-refractivity contribution in [1.29, 1.82) is 0 Å². The van der Waals surface area contributed by atoms with E-state index in [0.29, 0.717) is 6.61 Å². The van der Waals surface area contributed by atoms with Crippen LogP contribution in [-0.2, 0) is 5.41 Å². The number of nitrogens with zero attached hydrogens (tertiary/aromatic N) is 1. The maximum atomic E-state index is 9.98. The molecule has 1 aliphatic heterocycles. The number of aliphatic hydroxyl groups is 1. The van der Waals surface area contributed by atoms with Crippen LogP contribution in [0.3, 0.4) is 0 Å². The summed E-state index contributed by atoms with van der Waals surface area (Å²) < 4.78 is 0. The highest BCUT2D eigenvalue weighted by atomic mass is 16.3. The van der Waals surface area contributed by atoms with Gasteiger partial charge in [-0.15, -0.1) is 0 Å². The summed E-state index contributed by atoms with van der Waals surface area (Å²) in [5.41, 5.74) is 1.35. The van der Waals surface area contributed by atoms with Crippen LogP contribution in [0.2, 0.25) is 0 Å². The Labute approximate surface area is 122 Å². The first-order valence-electron chi connectivity index (χ1n) is 8.24. The minimum absolute atomic E-state index is 0.0214. The van der Waals surface area contributed by atoms with Gasteiger partial charge in [-0.2, -0.15) is 0 Å². The Bertz CT molecular complexity index is 403. The number of hydrogen-bond acceptors (Lipinski definition) is 2. The third-order valence-corrected chi connectivity index (χ3v) is 5.51. The Kier molecular flexibility index (Phi) is 4.42. The highest BCUT2D eigenvalue weighted by Crippen LogP contribution is 2.40. The Balaban J connectivity index is 1.66. The van der Waals surface area contributed by atoms with Gasteiger partial charge in [0.25, 0.3) is 0 Å². The molecule has 20 heavy (non-hydrogen) atoms. The van der Waals surface area contributed by atoms with Gasteiger partial charge in [-0.1, -0.05) is 36.8 Å². The third kappa shape index (κ3) is 2.77. The monoisotopic (exact) mass is 273 g/mol. The lowest BCUT2D eigenvalue weighted by atomic mass is 9.68. The van der Waals surface area contributed by atoms with Crippen molar-refractivity contribution in [3.05, 3.63) is 35.9 Å². The van der Waals surface area contributed by atoms with E-state index in [-0.39, 0.29) is 5.41 Å². The summed E-state index contributed by atoms with van der Waals surface area (Å²) in [6.07, 6.45) is 8.92. The minimum Gasteiger partial charge on any atom is -0.395 e. The van der Waals surface area contributed by atoms with Crippen molar-refractivity contribution in [3.63, 3.8) is 0 Å². The molecule has 1 aromatic carbocycles. The molecule has 0 bridgehead atoms. The van der Waals surface area contributed by atoms with Gasteiger partial charge in [0.15, 0.2) is 0 Å². The molecule has 2 aliphatic rings. The van der Waals surface area contributed by atoms with E-state index < -0.39 is 0 Å². The van der Waals surface area contributed by atoms with Gasteiger partial charge in [-0.3, -0.25) is 0 Å². The molecule has 1 N–H and O–H groups in total. The van der Waals surface area contributed by atoms with Gasteiger partial charge in [0.1, 0.15) is 0 Å². The highest BCUT2D eigenvalue weighted by Gasteiger charge is 2.37. The zero-order valence-corrected chi connectivity index (χ0v) is 12.4. The molecule has 0 aromatic heterocycles. The van der Waals surface area contributed by atoms with Crippen molar-refractivity contribution in [1.82, 2.24) is 4.90 Å². The number of hydrogen-bond donors (Lipinski definition) is 1. The standard InChI is InChI=1S/C18H27NO/c20-15-18(16-7-3-1-4-8-16)11-9-17(10-12-18)19-13-5-2-6-14-19/h1,3-4,7-8,17,20H,2,5-6,9-15H2/t17-,18-. The van der Waals surface area contributed by atoms with Crippen molar-refractivity contribution < 1.29 is 5.11 Å². The summed E-state index contributed by atoms with van der Waals surface area (Å²) >= 11 is 0. The molecule has 0 unspecified atom stereocenters. The molecule has 2 fully saturated rings. The van der Waals surface area contributed by atoms with Gasteiger partial charge >= 0.3 is 0 Å². The topological polar surface area (TPSA) is 23.5 Å². The zero-order valence-electron chi connectivity index (χ0n) is 12.4. The van der Waals surface area contributed by atoms with Crippen LogP contribution in [0.1, 0.15) is 50.5 Å². The minimum atomic E-state index is 0.0214. The van der Waals surface area contributed by atoms with Gasteiger partial charge in [-0.05, 0) is 57.2 Å². The third-order valence-electron chi connectivity index (χ3n) is 5.51. The van der Waals surface area contributed by atoms with Crippen LogP contribution in [0, 0.1) is 0 Å². The summed E-state index contributed by atoms with van der Waals surface area (Å²) in [6, 6.07) is 11.4. The Morgan fingerprint density at radius 1 is 1.00 bits per heavy atom. The average Bonchev–Trinajstić information content (AvgIpc) is 2.56. The van der Waals surface area contributed by atoms with E-state index in [4.69, 9.17) is 0 Å². The summed E-state index contributed by atoms with van der Waals surface area (Å²) in [7, 11) is 0. The van der Waals surface area contributed by atoms with Crippen molar-refractivity contribution in [2.75, 3.05) is 19.7 Å². The second-order valence-electron chi connectivity index (χ2n) is 6.63. The largest absolute Gasteiger partial charge is 0.395 e. The molecule has 3 rings (SSSR count). The Morgan fingerprint density at radius 2 is 1.65 bits per heavy atom. The van der Waals surface area contributed by atoms with Crippen molar-refractivity contribution in [2.45, 2.75) is 56.4 Å². The first kappa shape index (κ1) is 14.1. The lowest BCUT2D eigenvalue weighted by molar-refractivity contribution is 0.0776. The smallest absolute Gasteiger partial charge is 0.0527 e. The lowest BCUT2D eigenvalue weighted by Crippen LogP contribution is -2.45. The quantitative estimate of drug-likeness (QED) is 0.913. The lowest BCUT2D eigenvalue weighted by Gasteiger charge is -2.44. The maximum Gasteiger partial charge on any atom is 0.0527 e. The Hall–Kier alpha value is -0.860. The van der Waals surface area contributed by atoms with Gasteiger partial charge < -0.3 is 10.0 Å². The van der Waals surface area contributed by atoms with E-state index in [2.05, 4.69) is 35.2 Å². The van der Waals surface area contributed by atoms with Gasteiger partial charge in [0, 0.05) is 11.5 Å². The number of likely N-dealkylation sites (tertiary alicyclic amines) is 1. The molecule has 2 nitrogen and oxygen atoms in total. The van der Waals surface area contributed by atoms with E-state index in [1.165, 1.54) is 50.8 Å². The van der Waals surface area contributed by atoms with Crippen LogP contribution in [0.4, 0.5) is 0 Å². The zero-order chi connectivity index (χ0) is 13.8.